The van der Waals surface area contributed by atoms with E-state index in [1.807, 2.05) is 13.8 Å². The molecule has 0 unspecified atom stereocenters. The summed E-state index contributed by atoms with van der Waals surface area (Å²) in [5.41, 5.74) is 0.594. The van der Waals surface area contributed by atoms with Gasteiger partial charge in [-0.2, -0.15) is 0 Å². The third-order valence-corrected chi connectivity index (χ3v) is 1.48. The van der Waals surface area contributed by atoms with Crippen molar-refractivity contribution in [2.75, 3.05) is 0 Å². The van der Waals surface area contributed by atoms with Crippen LogP contribution >= 0.6 is 23.0 Å². The van der Waals surface area contributed by atoms with Crippen molar-refractivity contribution < 1.29 is 7.46 Å². The van der Waals surface area contributed by atoms with Crippen molar-refractivity contribution in [3.8, 4) is 0 Å². The lowest BCUT2D eigenvalue weighted by Gasteiger charge is -1.97. The highest BCUT2D eigenvalue weighted by atomic mass is 127. The Morgan fingerprint density at radius 2 is 1.92 bits per heavy atom. The van der Waals surface area contributed by atoms with Crippen LogP contribution in [0.1, 0.15) is 19.4 Å². The van der Waals surface area contributed by atoms with Gasteiger partial charge in [0.25, 0.3) is 0 Å². The maximum Gasteiger partial charge on any atom is 0.128 e. The van der Waals surface area contributed by atoms with Gasteiger partial charge in [-0.3, -0.25) is 0 Å². The molecular weight excluding hydrogens is 270 g/mol. The molecular formula is C9H12FIO. The van der Waals surface area contributed by atoms with Gasteiger partial charge < -0.3 is 3.07 Å². The van der Waals surface area contributed by atoms with Crippen molar-refractivity contribution >= 4 is 23.0 Å². The van der Waals surface area contributed by atoms with Gasteiger partial charge in [0, 0.05) is 5.56 Å². The van der Waals surface area contributed by atoms with Gasteiger partial charge in [0.05, 0.1) is 6.61 Å². The minimum Gasteiger partial charge on any atom is -0.311 e. The van der Waals surface area contributed by atoms with E-state index in [0.29, 0.717) is 12.2 Å². The lowest BCUT2D eigenvalue weighted by molar-refractivity contribution is 0.405. The molecule has 0 heterocycles. The number of halogens is 2. The molecule has 0 bridgehead atoms. The Balaban J connectivity index is 0.000000561. The molecule has 68 valence electrons. The fourth-order valence-corrected chi connectivity index (χ4v) is 1.01. The lowest BCUT2D eigenvalue weighted by Crippen LogP contribution is -1.87. The first-order valence-corrected chi connectivity index (χ1v) is 4.69. The maximum atomic E-state index is 12.7. The van der Waals surface area contributed by atoms with Crippen molar-refractivity contribution in [1.82, 2.24) is 0 Å². The van der Waals surface area contributed by atoms with Gasteiger partial charge >= 0.3 is 0 Å². The van der Waals surface area contributed by atoms with Gasteiger partial charge in [-0.05, 0) is 6.07 Å². The number of hydrogen-bond acceptors (Lipinski definition) is 1. The zero-order chi connectivity index (χ0) is 9.40. The second-order valence-electron chi connectivity index (χ2n) is 1.84. The third-order valence-electron chi connectivity index (χ3n) is 1.17. The Kier molecular flexibility index (Phi) is 7.39. The molecule has 0 saturated carbocycles. The molecule has 0 atom stereocenters. The van der Waals surface area contributed by atoms with Gasteiger partial charge in [-0.15, -0.1) is 0 Å². The summed E-state index contributed by atoms with van der Waals surface area (Å²) in [6.07, 6.45) is 0. The molecule has 0 amide bonds. The first-order valence-electron chi connectivity index (χ1n) is 3.81. The Morgan fingerprint density at radius 3 is 2.42 bits per heavy atom. The average Bonchev–Trinajstić information content (AvgIpc) is 2.13. The summed E-state index contributed by atoms with van der Waals surface area (Å²) in [4.78, 5) is 0. The van der Waals surface area contributed by atoms with E-state index in [2.05, 4.69) is 0 Å². The zero-order valence-electron chi connectivity index (χ0n) is 7.18. The van der Waals surface area contributed by atoms with Crippen LogP contribution < -0.4 is 0 Å². The highest BCUT2D eigenvalue weighted by molar-refractivity contribution is 14.1. The second-order valence-corrected chi connectivity index (χ2v) is 2.47. The van der Waals surface area contributed by atoms with Gasteiger partial charge in [0.1, 0.15) is 28.8 Å². The second kappa shape index (κ2) is 7.49. The van der Waals surface area contributed by atoms with Crippen molar-refractivity contribution in [2.24, 2.45) is 0 Å². The van der Waals surface area contributed by atoms with Crippen LogP contribution in [0.2, 0.25) is 0 Å². The molecule has 1 aromatic carbocycles. The van der Waals surface area contributed by atoms with Crippen molar-refractivity contribution in [3.63, 3.8) is 0 Å². The summed E-state index contributed by atoms with van der Waals surface area (Å²) < 4.78 is 17.4. The monoisotopic (exact) mass is 282 g/mol. The quantitative estimate of drug-likeness (QED) is 0.751. The first kappa shape index (κ1) is 11.8. The molecule has 0 radical (unpaired) electrons. The smallest absolute Gasteiger partial charge is 0.128 e. The van der Waals surface area contributed by atoms with E-state index < -0.39 is 0 Å². The molecule has 3 heteroatoms. The fourth-order valence-electron chi connectivity index (χ4n) is 0.674. The Bertz CT molecular complexity index is 215. The molecule has 0 aliphatic heterocycles. The molecule has 0 aliphatic rings. The van der Waals surface area contributed by atoms with Gasteiger partial charge in [0.2, 0.25) is 0 Å². The number of hydrogen-bond donors (Lipinski definition) is 0. The van der Waals surface area contributed by atoms with Gasteiger partial charge in [0.15, 0.2) is 0 Å². The molecule has 12 heavy (non-hydrogen) atoms. The van der Waals surface area contributed by atoms with E-state index in [0.717, 1.165) is 0 Å². The minimum absolute atomic E-state index is 0.209. The molecule has 0 N–H and O–H groups in total. The van der Waals surface area contributed by atoms with E-state index in [-0.39, 0.29) is 5.82 Å². The summed E-state index contributed by atoms with van der Waals surface area (Å²) >= 11 is 1.74. The van der Waals surface area contributed by atoms with Gasteiger partial charge in [-0.25, -0.2) is 4.39 Å². The van der Waals surface area contributed by atoms with Crippen LogP contribution in [0.4, 0.5) is 4.39 Å². The summed E-state index contributed by atoms with van der Waals surface area (Å²) in [7, 11) is 0. The molecule has 0 fully saturated rings. The number of rotatable bonds is 2. The molecule has 1 aromatic rings. The van der Waals surface area contributed by atoms with E-state index in [1.165, 1.54) is 6.07 Å². The zero-order valence-corrected chi connectivity index (χ0v) is 9.34. The highest BCUT2D eigenvalue weighted by Crippen LogP contribution is 2.08. The van der Waals surface area contributed by atoms with Crippen LogP contribution in [0, 0.1) is 5.82 Å². The topological polar surface area (TPSA) is 9.23 Å². The van der Waals surface area contributed by atoms with E-state index in [1.54, 1.807) is 41.2 Å². The van der Waals surface area contributed by atoms with E-state index >= 15 is 0 Å². The number of benzene rings is 1. The predicted molar refractivity (Wildman–Crippen MR) is 56.6 cm³/mol. The van der Waals surface area contributed by atoms with E-state index in [9.17, 15) is 4.39 Å². The summed E-state index contributed by atoms with van der Waals surface area (Å²) in [6, 6.07) is 6.57. The fraction of sp³-hybridized carbons (Fsp3) is 0.333. The molecule has 1 nitrogen and oxygen atoms in total. The molecule has 0 aliphatic carbocycles. The van der Waals surface area contributed by atoms with Crippen LogP contribution in [0.25, 0.3) is 0 Å². The standard InChI is InChI=1S/C7H6FIO.C2H6/c8-7-4-2-1-3-6(7)5-10-9;1-2/h1-4H,5H2;1-2H3. The van der Waals surface area contributed by atoms with Crippen LogP contribution in [0.5, 0.6) is 0 Å². The van der Waals surface area contributed by atoms with Crippen LogP contribution in [-0.4, -0.2) is 0 Å². The normalized spacial score (nSPS) is 8.67. The van der Waals surface area contributed by atoms with Crippen LogP contribution in [0.15, 0.2) is 24.3 Å². The minimum atomic E-state index is -0.209. The molecule has 0 saturated heterocycles. The van der Waals surface area contributed by atoms with Gasteiger partial charge in [-0.1, -0.05) is 32.0 Å². The molecule has 0 spiro atoms. The van der Waals surface area contributed by atoms with E-state index in [4.69, 9.17) is 3.07 Å². The SMILES string of the molecule is CC.Fc1ccccc1COI. The Morgan fingerprint density at radius 1 is 1.33 bits per heavy atom. The van der Waals surface area contributed by atoms with Crippen molar-refractivity contribution in [2.45, 2.75) is 20.5 Å². The summed E-state index contributed by atoms with van der Waals surface area (Å²) in [5.74, 6) is -0.209. The largest absolute Gasteiger partial charge is 0.311 e. The van der Waals surface area contributed by atoms with Crippen LogP contribution in [0.3, 0.4) is 0 Å². The average molecular weight is 282 g/mol. The van der Waals surface area contributed by atoms with Crippen molar-refractivity contribution in [1.29, 1.82) is 0 Å². The molecule has 0 aromatic heterocycles. The summed E-state index contributed by atoms with van der Waals surface area (Å²) in [6.45, 7) is 4.33. The Hall–Kier alpha value is -0.160. The lowest BCUT2D eigenvalue weighted by atomic mass is 10.2. The molecule has 1 rings (SSSR count). The summed E-state index contributed by atoms with van der Waals surface area (Å²) in [5, 5.41) is 0. The highest BCUT2D eigenvalue weighted by Gasteiger charge is 1.97. The maximum absolute atomic E-state index is 12.7. The van der Waals surface area contributed by atoms with Crippen molar-refractivity contribution in [3.05, 3.63) is 35.6 Å². The predicted octanol–water partition coefficient (Wildman–Crippen LogP) is 3.72. The Labute approximate surface area is 86.6 Å². The third kappa shape index (κ3) is 4.01. The first-order chi connectivity index (χ1) is 5.84. The van der Waals surface area contributed by atoms with Crippen LogP contribution in [-0.2, 0) is 9.67 Å².